The zero-order chi connectivity index (χ0) is 11.7. The lowest BCUT2D eigenvalue weighted by Gasteiger charge is -2.15. The zero-order valence-corrected chi connectivity index (χ0v) is 10.6. The summed E-state index contributed by atoms with van der Waals surface area (Å²) in [6, 6.07) is 0. The summed E-state index contributed by atoms with van der Waals surface area (Å²) >= 11 is 2.02. The second-order valence-corrected chi connectivity index (χ2v) is 4.80. The first kappa shape index (κ1) is 11.8. The van der Waals surface area contributed by atoms with Gasteiger partial charge in [-0.2, -0.15) is 4.98 Å². The monoisotopic (exact) mass is 337 g/mol. The van der Waals surface area contributed by atoms with Crippen molar-refractivity contribution in [3.05, 3.63) is 20.3 Å². The summed E-state index contributed by atoms with van der Waals surface area (Å²) in [6.45, 7) is -0.0231. The minimum Gasteiger partial charge on any atom is -0.394 e. The van der Waals surface area contributed by atoms with E-state index in [9.17, 15) is 4.79 Å². The Morgan fingerprint density at radius 2 is 2.44 bits per heavy atom. The molecule has 1 aromatic heterocycles. The maximum absolute atomic E-state index is 11.6. The topological polar surface area (TPSA) is 90.4 Å². The molecule has 0 aliphatic carbocycles. The second-order valence-electron chi connectivity index (χ2n) is 3.64. The summed E-state index contributed by atoms with van der Waals surface area (Å²) in [5.74, 6) is 0.235. The van der Waals surface area contributed by atoms with Crippen LogP contribution < -0.4 is 11.4 Å². The molecule has 0 spiro atoms. The number of rotatable bonds is 2. The first-order chi connectivity index (χ1) is 7.61. The normalized spacial score (nSPS) is 24.9. The third-order valence-electron chi connectivity index (χ3n) is 2.53. The molecule has 2 atom stereocenters. The van der Waals surface area contributed by atoms with Crippen LogP contribution in [0, 0.1) is 3.57 Å². The van der Waals surface area contributed by atoms with Crippen molar-refractivity contribution in [1.82, 2.24) is 9.55 Å². The van der Waals surface area contributed by atoms with E-state index in [-0.39, 0.29) is 24.8 Å². The van der Waals surface area contributed by atoms with Gasteiger partial charge in [-0.05, 0) is 35.4 Å². The van der Waals surface area contributed by atoms with Gasteiger partial charge < -0.3 is 15.6 Å². The van der Waals surface area contributed by atoms with E-state index in [4.69, 9.17) is 15.6 Å². The Kier molecular flexibility index (Phi) is 3.45. The molecule has 0 radical (unpaired) electrons. The minimum atomic E-state index is -0.415. The Hall–Kier alpha value is -0.670. The lowest BCUT2D eigenvalue weighted by molar-refractivity contribution is -0.0246. The van der Waals surface area contributed by atoms with E-state index in [1.807, 2.05) is 22.6 Å². The summed E-state index contributed by atoms with van der Waals surface area (Å²) in [5, 5.41) is 8.95. The van der Waals surface area contributed by atoms with Crippen molar-refractivity contribution in [2.45, 2.75) is 25.2 Å². The molecule has 1 fully saturated rings. The van der Waals surface area contributed by atoms with Crippen LogP contribution in [0.3, 0.4) is 0 Å². The highest BCUT2D eigenvalue weighted by Crippen LogP contribution is 2.27. The van der Waals surface area contributed by atoms with Gasteiger partial charge in [0, 0.05) is 6.20 Å². The van der Waals surface area contributed by atoms with Crippen LogP contribution in [0.5, 0.6) is 0 Å². The van der Waals surface area contributed by atoms with Crippen molar-refractivity contribution in [2.75, 3.05) is 12.3 Å². The molecule has 1 aliphatic rings. The molecule has 7 heteroatoms. The zero-order valence-electron chi connectivity index (χ0n) is 8.47. The Morgan fingerprint density at radius 1 is 1.69 bits per heavy atom. The Labute approximate surface area is 106 Å². The lowest BCUT2D eigenvalue weighted by Crippen LogP contribution is -2.28. The molecule has 2 heterocycles. The molecular formula is C9H12IN3O3. The van der Waals surface area contributed by atoms with E-state index in [1.165, 1.54) is 4.57 Å². The Morgan fingerprint density at radius 3 is 3.06 bits per heavy atom. The van der Waals surface area contributed by atoms with E-state index >= 15 is 0 Å². The predicted octanol–water partition coefficient (Wildman–Crippen LogP) is 0.1000. The molecule has 0 unspecified atom stereocenters. The average Bonchev–Trinajstić information content (AvgIpc) is 2.71. The van der Waals surface area contributed by atoms with E-state index in [0.717, 1.165) is 6.42 Å². The van der Waals surface area contributed by atoms with Crippen LogP contribution in [-0.4, -0.2) is 27.4 Å². The fraction of sp³-hybridized carbons (Fsp3) is 0.556. The van der Waals surface area contributed by atoms with Gasteiger partial charge in [-0.1, -0.05) is 0 Å². The second kappa shape index (κ2) is 4.68. The highest BCUT2D eigenvalue weighted by Gasteiger charge is 2.27. The molecular weight excluding hydrogens is 325 g/mol. The molecule has 1 aromatic rings. The molecule has 3 N–H and O–H groups in total. The highest BCUT2D eigenvalue weighted by molar-refractivity contribution is 14.1. The fourth-order valence-corrected chi connectivity index (χ4v) is 2.11. The SMILES string of the molecule is Nc1nc(=O)n([C@H]2CC[C@@H](CO)O2)cc1I. The predicted molar refractivity (Wildman–Crippen MR) is 65.9 cm³/mol. The summed E-state index contributed by atoms with van der Waals surface area (Å²) in [6.07, 6.45) is 2.55. The molecule has 6 nitrogen and oxygen atoms in total. The average molecular weight is 337 g/mol. The van der Waals surface area contributed by atoms with Crippen molar-refractivity contribution in [1.29, 1.82) is 0 Å². The summed E-state index contributed by atoms with van der Waals surface area (Å²) in [7, 11) is 0. The van der Waals surface area contributed by atoms with Gasteiger partial charge in [0.05, 0.1) is 16.3 Å². The van der Waals surface area contributed by atoms with Crippen LogP contribution in [0.4, 0.5) is 5.82 Å². The van der Waals surface area contributed by atoms with Crippen molar-refractivity contribution >= 4 is 28.4 Å². The van der Waals surface area contributed by atoms with Crippen LogP contribution in [0.25, 0.3) is 0 Å². The van der Waals surface area contributed by atoms with Crippen molar-refractivity contribution in [2.24, 2.45) is 0 Å². The van der Waals surface area contributed by atoms with Gasteiger partial charge >= 0.3 is 5.69 Å². The summed E-state index contributed by atoms with van der Waals surface area (Å²) in [4.78, 5) is 15.3. The van der Waals surface area contributed by atoms with E-state index in [0.29, 0.717) is 9.99 Å². The van der Waals surface area contributed by atoms with Gasteiger partial charge in [-0.15, -0.1) is 0 Å². The number of halogens is 1. The molecule has 0 aromatic carbocycles. The van der Waals surface area contributed by atoms with Gasteiger partial charge in [-0.25, -0.2) is 4.79 Å². The lowest BCUT2D eigenvalue weighted by atomic mass is 10.2. The van der Waals surface area contributed by atoms with Crippen molar-refractivity contribution in [3.63, 3.8) is 0 Å². The number of nitrogens with two attached hydrogens (primary N) is 1. The molecule has 1 saturated heterocycles. The Bertz CT molecular complexity index is 448. The number of hydrogen-bond donors (Lipinski definition) is 2. The molecule has 0 saturated carbocycles. The molecule has 16 heavy (non-hydrogen) atoms. The molecule has 0 amide bonds. The number of ether oxygens (including phenoxy) is 1. The number of hydrogen-bond acceptors (Lipinski definition) is 5. The third kappa shape index (κ3) is 2.20. The summed E-state index contributed by atoms with van der Waals surface area (Å²) in [5.41, 5.74) is 5.11. The maximum Gasteiger partial charge on any atom is 0.351 e. The number of nitrogens with zero attached hydrogens (tertiary/aromatic N) is 2. The standard InChI is InChI=1S/C9H12IN3O3/c10-6-3-13(9(15)12-8(6)11)7-2-1-5(4-14)16-7/h3,5,7,14H,1-2,4H2,(H2,11,12,15)/t5-,7+/m0/s1. The van der Waals surface area contributed by atoms with Crippen LogP contribution in [0.2, 0.25) is 0 Å². The quantitative estimate of drug-likeness (QED) is 0.747. The number of aliphatic hydroxyl groups excluding tert-OH is 1. The molecule has 0 bridgehead atoms. The largest absolute Gasteiger partial charge is 0.394 e. The van der Waals surface area contributed by atoms with Crippen molar-refractivity contribution in [3.8, 4) is 0 Å². The number of anilines is 1. The minimum absolute atomic E-state index is 0.0231. The van der Waals surface area contributed by atoms with Crippen LogP contribution >= 0.6 is 22.6 Å². The number of aromatic nitrogens is 2. The van der Waals surface area contributed by atoms with Gasteiger partial charge in [-0.3, -0.25) is 4.57 Å². The molecule has 2 rings (SSSR count). The third-order valence-corrected chi connectivity index (χ3v) is 3.36. The van der Waals surface area contributed by atoms with E-state index in [1.54, 1.807) is 6.20 Å². The first-order valence-electron chi connectivity index (χ1n) is 4.92. The number of nitrogen functional groups attached to an aromatic ring is 1. The van der Waals surface area contributed by atoms with E-state index < -0.39 is 5.69 Å². The number of aliphatic hydroxyl groups is 1. The smallest absolute Gasteiger partial charge is 0.351 e. The van der Waals surface area contributed by atoms with E-state index in [2.05, 4.69) is 4.98 Å². The van der Waals surface area contributed by atoms with Gasteiger partial charge in [0.15, 0.2) is 0 Å². The van der Waals surface area contributed by atoms with Gasteiger partial charge in [0.1, 0.15) is 12.0 Å². The van der Waals surface area contributed by atoms with Crippen LogP contribution in [-0.2, 0) is 4.74 Å². The van der Waals surface area contributed by atoms with Gasteiger partial charge in [0.2, 0.25) is 0 Å². The highest BCUT2D eigenvalue weighted by atomic mass is 127. The molecule has 1 aliphatic heterocycles. The maximum atomic E-state index is 11.6. The van der Waals surface area contributed by atoms with Crippen LogP contribution in [0.1, 0.15) is 19.1 Å². The summed E-state index contributed by atoms with van der Waals surface area (Å²) < 4.78 is 7.64. The first-order valence-corrected chi connectivity index (χ1v) is 6.00. The van der Waals surface area contributed by atoms with Crippen molar-refractivity contribution < 1.29 is 9.84 Å². The fourth-order valence-electron chi connectivity index (χ4n) is 1.69. The van der Waals surface area contributed by atoms with Gasteiger partial charge in [0.25, 0.3) is 0 Å². The molecule has 88 valence electrons. The Balaban J connectivity index is 2.28. The van der Waals surface area contributed by atoms with Crippen LogP contribution in [0.15, 0.2) is 11.0 Å².